The van der Waals surface area contributed by atoms with Gasteiger partial charge in [0.25, 0.3) is 0 Å². The van der Waals surface area contributed by atoms with Crippen LogP contribution in [0.15, 0.2) is 30.3 Å². The maximum absolute atomic E-state index is 14.0. The van der Waals surface area contributed by atoms with Crippen molar-refractivity contribution in [1.29, 1.82) is 0 Å². The number of carbonyl (C=O) groups is 5. The lowest BCUT2D eigenvalue weighted by atomic mass is 9.93. The molecule has 15 heteroatoms. The molecule has 1 aromatic rings. The van der Waals surface area contributed by atoms with E-state index in [0.29, 0.717) is 45.6 Å². The summed E-state index contributed by atoms with van der Waals surface area (Å²) >= 11 is 0. The molecule has 3 aliphatic heterocycles. The Morgan fingerprint density at radius 1 is 0.849 bits per heavy atom. The second-order valence-electron chi connectivity index (χ2n) is 15.6. The second kappa shape index (κ2) is 19.7. The fourth-order valence-electron chi connectivity index (χ4n) is 6.22. The van der Waals surface area contributed by atoms with Gasteiger partial charge in [0.1, 0.15) is 23.7 Å². The summed E-state index contributed by atoms with van der Waals surface area (Å²) in [5.41, 5.74) is 0.0511. The Bertz CT molecular complexity index is 1380. The lowest BCUT2D eigenvalue weighted by Crippen LogP contribution is -2.59. The molecule has 0 aromatic heterocycles. The molecule has 15 nitrogen and oxygen atoms in total. The summed E-state index contributed by atoms with van der Waals surface area (Å²) in [6.45, 7) is 11.9. The average Bonchev–Trinajstić information content (AvgIpc) is 4.05. The van der Waals surface area contributed by atoms with Crippen molar-refractivity contribution in [3.63, 3.8) is 0 Å². The molecule has 3 fully saturated rings. The third kappa shape index (κ3) is 13.7. The third-order valence-corrected chi connectivity index (χ3v) is 9.46. The number of hydrogen-bond donors (Lipinski definition) is 4. The van der Waals surface area contributed by atoms with Crippen LogP contribution in [-0.4, -0.2) is 142 Å². The van der Waals surface area contributed by atoms with E-state index in [4.69, 9.17) is 18.9 Å². The number of amides is 4. The summed E-state index contributed by atoms with van der Waals surface area (Å²) in [7, 11) is 3.67. The van der Waals surface area contributed by atoms with Crippen LogP contribution in [0.25, 0.3) is 0 Å². The van der Waals surface area contributed by atoms with Crippen molar-refractivity contribution < 1.29 is 42.9 Å². The molecule has 4 N–H and O–H groups in total. The molecule has 7 unspecified atom stereocenters. The quantitative estimate of drug-likeness (QED) is 0.122. The number of nitrogens with one attached hydrogen (secondary N) is 4. The van der Waals surface area contributed by atoms with Crippen molar-refractivity contribution in [1.82, 2.24) is 31.1 Å². The number of morpholine rings is 1. The number of Topliss-reactive ketones (excluding diaryl/α,β-unsaturated/α-hetero) is 1. The molecule has 4 amide bonds. The molecule has 7 atom stereocenters. The number of benzene rings is 1. The van der Waals surface area contributed by atoms with Crippen LogP contribution in [0.4, 0.5) is 0 Å². The Morgan fingerprint density at radius 3 is 2.00 bits per heavy atom. The summed E-state index contributed by atoms with van der Waals surface area (Å²) in [6, 6.07) is 5.65. The molecular formula is C38H60N6O9. The molecule has 3 saturated heterocycles. The monoisotopic (exact) mass is 744 g/mol. The smallest absolute Gasteiger partial charge is 0.245 e. The predicted molar refractivity (Wildman–Crippen MR) is 196 cm³/mol. The number of ketones is 1. The number of hydrogen-bond acceptors (Lipinski definition) is 11. The van der Waals surface area contributed by atoms with Crippen LogP contribution >= 0.6 is 0 Å². The molecule has 3 heterocycles. The molecule has 0 saturated carbocycles. The number of ether oxygens (including phenoxy) is 4. The third-order valence-electron chi connectivity index (χ3n) is 9.46. The highest BCUT2D eigenvalue weighted by Crippen LogP contribution is 2.30. The first-order valence-corrected chi connectivity index (χ1v) is 18.8. The van der Waals surface area contributed by atoms with Gasteiger partial charge in [-0.2, -0.15) is 0 Å². The van der Waals surface area contributed by atoms with Crippen LogP contribution in [-0.2, 0) is 49.3 Å². The van der Waals surface area contributed by atoms with Gasteiger partial charge in [0.2, 0.25) is 23.6 Å². The number of likely N-dealkylation sites (N-methyl/N-ethyl adjacent to an activating group) is 1. The molecule has 0 bridgehead atoms. The van der Waals surface area contributed by atoms with Gasteiger partial charge in [-0.3, -0.25) is 33.8 Å². The molecule has 3 aliphatic rings. The molecule has 0 spiro atoms. The molecular weight excluding hydrogens is 684 g/mol. The maximum atomic E-state index is 14.0. The SMILES string of the molecule is CC(C)CC(NC(=O)C(CCc1ccccc1)NC(=O)CN1CCOCC1)C(=O)NC(COC1OC1N(C)C)C(=O)NC(CC(C)C)C(=O)C1(C)CO1. The zero-order valence-corrected chi connectivity index (χ0v) is 32.4. The van der Waals surface area contributed by atoms with Crippen LogP contribution in [0.1, 0.15) is 59.4 Å². The van der Waals surface area contributed by atoms with Gasteiger partial charge in [0.05, 0.1) is 39.0 Å². The van der Waals surface area contributed by atoms with E-state index < -0.39 is 53.8 Å². The van der Waals surface area contributed by atoms with Crippen molar-refractivity contribution in [2.24, 2.45) is 11.8 Å². The summed E-state index contributed by atoms with van der Waals surface area (Å²) in [5, 5.41) is 11.4. The van der Waals surface area contributed by atoms with Gasteiger partial charge in [-0.05, 0) is 64.1 Å². The van der Waals surface area contributed by atoms with E-state index in [1.165, 1.54) is 0 Å². The highest BCUT2D eigenvalue weighted by Gasteiger charge is 2.50. The molecule has 0 radical (unpaired) electrons. The van der Waals surface area contributed by atoms with Gasteiger partial charge in [-0.1, -0.05) is 58.0 Å². The fourth-order valence-corrected chi connectivity index (χ4v) is 6.22. The van der Waals surface area contributed by atoms with E-state index >= 15 is 0 Å². The summed E-state index contributed by atoms with van der Waals surface area (Å²) < 4.78 is 22.2. The lowest BCUT2D eigenvalue weighted by molar-refractivity contribution is -0.136. The molecule has 1 aromatic carbocycles. The topological polar surface area (TPSA) is 183 Å². The Hall–Kier alpha value is -3.47. The first-order valence-electron chi connectivity index (χ1n) is 18.8. The van der Waals surface area contributed by atoms with Crippen LogP contribution < -0.4 is 21.3 Å². The molecule has 296 valence electrons. The van der Waals surface area contributed by atoms with Gasteiger partial charge in [-0.15, -0.1) is 0 Å². The lowest BCUT2D eigenvalue weighted by Gasteiger charge is -2.29. The fraction of sp³-hybridized carbons (Fsp3) is 0.711. The van der Waals surface area contributed by atoms with Crippen LogP contribution in [0.2, 0.25) is 0 Å². The Kier molecular flexibility index (Phi) is 15.7. The van der Waals surface area contributed by atoms with Gasteiger partial charge >= 0.3 is 0 Å². The summed E-state index contributed by atoms with van der Waals surface area (Å²) in [4.78, 5) is 72.1. The van der Waals surface area contributed by atoms with E-state index in [2.05, 4.69) is 21.3 Å². The molecule has 0 aliphatic carbocycles. The number of epoxide rings is 2. The zero-order chi connectivity index (χ0) is 38.7. The minimum absolute atomic E-state index is 0.0127. The minimum Gasteiger partial charge on any atom is -0.379 e. The van der Waals surface area contributed by atoms with Crippen molar-refractivity contribution in [2.45, 2.75) is 103 Å². The Morgan fingerprint density at radius 2 is 1.42 bits per heavy atom. The van der Waals surface area contributed by atoms with Crippen LogP contribution in [0, 0.1) is 11.8 Å². The predicted octanol–water partition coefficient (Wildman–Crippen LogP) is 0.601. The summed E-state index contributed by atoms with van der Waals surface area (Å²) in [6.07, 6.45) is 0.584. The number of nitrogens with zero attached hydrogens (tertiary/aromatic N) is 2. The summed E-state index contributed by atoms with van der Waals surface area (Å²) in [5.74, 6) is -2.15. The maximum Gasteiger partial charge on any atom is 0.245 e. The molecule has 4 rings (SSSR count). The minimum atomic E-state index is -1.21. The van der Waals surface area contributed by atoms with Crippen molar-refractivity contribution in [2.75, 3.05) is 60.2 Å². The number of aryl methyl sites for hydroxylation is 1. The first-order chi connectivity index (χ1) is 25.1. The highest BCUT2D eigenvalue weighted by atomic mass is 16.8. The number of rotatable bonds is 22. The van der Waals surface area contributed by atoms with Gasteiger partial charge < -0.3 is 40.2 Å². The van der Waals surface area contributed by atoms with Crippen LogP contribution in [0.5, 0.6) is 0 Å². The van der Waals surface area contributed by atoms with Crippen molar-refractivity contribution in [3.05, 3.63) is 35.9 Å². The van der Waals surface area contributed by atoms with E-state index in [-0.39, 0.29) is 55.9 Å². The zero-order valence-electron chi connectivity index (χ0n) is 32.4. The van der Waals surface area contributed by atoms with Crippen molar-refractivity contribution in [3.8, 4) is 0 Å². The first kappa shape index (κ1) is 42.3. The van der Waals surface area contributed by atoms with Crippen molar-refractivity contribution >= 4 is 29.4 Å². The number of carbonyl (C=O) groups excluding carboxylic acids is 5. The van der Waals surface area contributed by atoms with E-state index in [1.807, 2.05) is 81.9 Å². The van der Waals surface area contributed by atoms with E-state index in [0.717, 1.165) is 5.56 Å². The standard InChI is InChI=1S/C38H60N6O9/c1-24(2)19-28(32(46)38(5)23-52-38)40-35(49)30(22-51-37-36(53-37)43(6)7)42-34(48)29(20-25(3)4)41-33(47)27(14-13-26-11-9-8-10-12-26)39-31(45)21-44-15-17-50-18-16-44/h8-12,24-25,27-30,36-37H,13-23H2,1-7H3,(H,39,45)(H,40,49)(H,41,47)(H,42,48). The average molecular weight is 745 g/mol. The van der Waals surface area contributed by atoms with Gasteiger partial charge in [0, 0.05) is 13.1 Å². The second-order valence-corrected chi connectivity index (χ2v) is 15.6. The van der Waals surface area contributed by atoms with Crippen LogP contribution in [0.3, 0.4) is 0 Å². The van der Waals surface area contributed by atoms with Gasteiger partial charge in [-0.25, -0.2) is 0 Å². The molecule has 53 heavy (non-hydrogen) atoms. The normalized spacial score (nSPS) is 23.5. The highest BCUT2D eigenvalue weighted by molar-refractivity contribution is 5.98. The largest absolute Gasteiger partial charge is 0.379 e. The van der Waals surface area contributed by atoms with Gasteiger partial charge in [0.15, 0.2) is 18.3 Å². The van der Waals surface area contributed by atoms with E-state index in [1.54, 1.807) is 6.92 Å². The van der Waals surface area contributed by atoms with E-state index in [9.17, 15) is 24.0 Å². The Balaban J connectivity index is 1.48. The Labute approximate surface area is 313 Å².